The van der Waals surface area contributed by atoms with Crippen LogP contribution in [0.15, 0.2) is 24.3 Å². The predicted molar refractivity (Wildman–Crippen MR) is 60.8 cm³/mol. The summed E-state index contributed by atoms with van der Waals surface area (Å²) in [5, 5.41) is 0. The van der Waals surface area contributed by atoms with Crippen LogP contribution in [0.2, 0.25) is 0 Å². The molecule has 0 radical (unpaired) electrons. The predicted octanol–water partition coefficient (Wildman–Crippen LogP) is 0.833. The summed E-state index contributed by atoms with van der Waals surface area (Å²) in [6.07, 6.45) is 0.226. The molecule has 0 aliphatic carbocycles. The molecule has 1 heterocycles. The molecule has 2 amide bonds. The fourth-order valence-corrected chi connectivity index (χ4v) is 2.00. The van der Waals surface area contributed by atoms with Gasteiger partial charge in [-0.25, -0.2) is 0 Å². The number of aryl methyl sites for hydroxylation is 1. The Morgan fingerprint density at radius 3 is 2.69 bits per heavy atom. The number of carbonyl (C=O) groups excluding carboxylic acids is 2. The molecule has 1 atom stereocenters. The lowest BCUT2D eigenvalue weighted by Crippen LogP contribution is -2.28. The van der Waals surface area contributed by atoms with Crippen molar-refractivity contribution in [1.82, 2.24) is 0 Å². The molecular weight excluding hydrogens is 204 g/mol. The van der Waals surface area contributed by atoms with Gasteiger partial charge in [0.25, 0.3) is 0 Å². The molecule has 4 heteroatoms. The number of para-hydroxylation sites is 1. The summed E-state index contributed by atoms with van der Waals surface area (Å²) < 4.78 is 0. The van der Waals surface area contributed by atoms with E-state index < -0.39 is 5.91 Å². The van der Waals surface area contributed by atoms with Gasteiger partial charge in [0.2, 0.25) is 11.8 Å². The first-order valence-electron chi connectivity index (χ1n) is 5.25. The number of nitrogens with two attached hydrogens (primary N) is 1. The van der Waals surface area contributed by atoms with Crippen LogP contribution in [0.25, 0.3) is 0 Å². The second kappa shape index (κ2) is 3.96. The molecule has 0 unspecified atom stereocenters. The van der Waals surface area contributed by atoms with Crippen molar-refractivity contribution in [2.24, 2.45) is 11.7 Å². The highest BCUT2D eigenvalue weighted by Crippen LogP contribution is 2.27. The number of anilines is 1. The number of hydrogen-bond donors (Lipinski definition) is 1. The minimum atomic E-state index is -0.399. The van der Waals surface area contributed by atoms with Crippen molar-refractivity contribution < 1.29 is 9.59 Å². The number of benzene rings is 1. The van der Waals surface area contributed by atoms with Crippen molar-refractivity contribution in [1.29, 1.82) is 0 Å². The van der Waals surface area contributed by atoms with Gasteiger partial charge >= 0.3 is 0 Å². The van der Waals surface area contributed by atoms with Gasteiger partial charge in [-0.05, 0) is 18.6 Å². The molecule has 1 fully saturated rings. The van der Waals surface area contributed by atoms with E-state index in [-0.39, 0.29) is 18.2 Å². The largest absolute Gasteiger partial charge is 0.369 e. The van der Waals surface area contributed by atoms with E-state index in [1.54, 1.807) is 4.90 Å². The first kappa shape index (κ1) is 10.7. The van der Waals surface area contributed by atoms with Gasteiger partial charge in [-0.1, -0.05) is 18.2 Å². The summed E-state index contributed by atoms with van der Waals surface area (Å²) in [4.78, 5) is 24.5. The van der Waals surface area contributed by atoms with Gasteiger partial charge in [0.1, 0.15) is 0 Å². The first-order valence-corrected chi connectivity index (χ1v) is 5.25. The van der Waals surface area contributed by atoms with Crippen molar-refractivity contribution in [3.63, 3.8) is 0 Å². The van der Waals surface area contributed by atoms with Gasteiger partial charge in [0, 0.05) is 18.7 Å². The number of carbonyl (C=O) groups is 2. The fourth-order valence-electron chi connectivity index (χ4n) is 2.00. The molecule has 1 saturated heterocycles. The number of amides is 2. The first-order chi connectivity index (χ1) is 7.59. The Morgan fingerprint density at radius 2 is 2.12 bits per heavy atom. The Labute approximate surface area is 94.0 Å². The maximum Gasteiger partial charge on any atom is 0.227 e. The highest BCUT2D eigenvalue weighted by Gasteiger charge is 2.34. The summed E-state index contributed by atoms with van der Waals surface area (Å²) >= 11 is 0. The minimum Gasteiger partial charge on any atom is -0.369 e. The van der Waals surface area contributed by atoms with Gasteiger partial charge in [-0.2, -0.15) is 0 Å². The van der Waals surface area contributed by atoms with Crippen LogP contribution >= 0.6 is 0 Å². The van der Waals surface area contributed by atoms with Crippen LogP contribution in [0.5, 0.6) is 0 Å². The number of nitrogens with zero attached hydrogens (tertiary/aromatic N) is 1. The molecule has 4 nitrogen and oxygen atoms in total. The molecule has 0 bridgehead atoms. The van der Waals surface area contributed by atoms with Gasteiger partial charge in [-0.3, -0.25) is 9.59 Å². The van der Waals surface area contributed by atoms with Crippen LogP contribution in [0.4, 0.5) is 5.69 Å². The molecule has 84 valence electrons. The number of primary amides is 1. The van der Waals surface area contributed by atoms with Gasteiger partial charge in [0.15, 0.2) is 0 Å². The molecule has 1 aromatic rings. The third-order valence-corrected chi connectivity index (χ3v) is 2.93. The van der Waals surface area contributed by atoms with Gasteiger partial charge in [0.05, 0.1) is 5.92 Å². The maximum atomic E-state index is 11.8. The van der Waals surface area contributed by atoms with Crippen LogP contribution in [0.3, 0.4) is 0 Å². The highest BCUT2D eigenvalue weighted by molar-refractivity contribution is 6.00. The fraction of sp³-hybridized carbons (Fsp3) is 0.333. The van der Waals surface area contributed by atoms with Crippen molar-refractivity contribution in [3.05, 3.63) is 29.8 Å². The normalized spacial score (nSPS) is 20.2. The van der Waals surface area contributed by atoms with E-state index in [0.29, 0.717) is 6.54 Å². The van der Waals surface area contributed by atoms with Crippen LogP contribution in [0, 0.1) is 12.8 Å². The molecule has 2 rings (SSSR count). The van der Waals surface area contributed by atoms with E-state index in [9.17, 15) is 9.59 Å². The zero-order valence-corrected chi connectivity index (χ0v) is 9.14. The highest BCUT2D eigenvalue weighted by atomic mass is 16.2. The zero-order valence-electron chi connectivity index (χ0n) is 9.14. The third-order valence-electron chi connectivity index (χ3n) is 2.93. The Morgan fingerprint density at radius 1 is 1.44 bits per heavy atom. The van der Waals surface area contributed by atoms with Crippen molar-refractivity contribution in [2.75, 3.05) is 11.4 Å². The molecule has 1 aliphatic rings. The van der Waals surface area contributed by atoms with Crippen LogP contribution in [-0.4, -0.2) is 18.4 Å². The quantitative estimate of drug-likeness (QED) is 0.799. The summed E-state index contributed by atoms with van der Waals surface area (Å²) in [6.45, 7) is 2.35. The second-order valence-corrected chi connectivity index (χ2v) is 4.09. The zero-order chi connectivity index (χ0) is 11.7. The Bertz CT molecular complexity index is 442. The molecule has 2 N–H and O–H groups in total. The maximum absolute atomic E-state index is 11.8. The summed E-state index contributed by atoms with van der Waals surface area (Å²) in [7, 11) is 0. The van der Waals surface area contributed by atoms with Crippen molar-refractivity contribution in [2.45, 2.75) is 13.3 Å². The van der Waals surface area contributed by atoms with Crippen LogP contribution in [0.1, 0.15) is 12.0 Å². The lowest BCUT2D eigenvalue weighted by Gasteiger charge is -2.18. The molecule has 1 aliphatic heterocycles. The topological polar surface area (TPSA) is 63.4 Å². The Hall–Kier alpha value is -1.84. The van der Waals surface area contributed by atoms with E-state index in [1.165, 1.54) is 0 Å². The van der Waals surface area contributed by atoms with E-state index in [0.717, 1.165) is 11.3 Å². The smallest absolute Gasteiger partial charge is 0.227 e. The Balaban J connectivity index is 2.27. The summed E-state index contributed by atoms with van der Waals surface area (Å²) in [5.74, 6) is -0.783. The molecule has 0 spiro atoms. The van der Waals surface area contributed by atoms with Crippen molar-refractivity contribution in [3.8, 4) is 0 Å². The third kappa shape index (κ3) is 1.78. The lowest BCUT2D eigenvalue weighted by atomic mass is 10.1. The second-order valence-electron chi connectivity index (χ2n) is 4.09. The van der Waals surface area contributed by atoms with E-state index in [4.69, 9.17) is 5.73 Å². The van der Waals surface area contributed by atoms with Gasteiger partial charge in [-0.15, -0.1) is 0 Å². The van der Waals surface area contributed by atoms with E-state index in [1.807, 2.05) is 31.2 Å². The minimum absolute atomic E-state index is 0.0295. The average Bonchev–Trinajstić information content (AvgIpc) is 2.61. The van der Waals surface area contributed by atoms with Crippen LogP contribution < -0.4 is 10.6 Å². The molecule has 0 aromatic heterocycles. The standard InChI is InChI=1S/C12H14N2O2/c1-8-4-2-3-5-10(8)14-7-9(12(13)16)6-11(14)15/h2-5,9H,6-7H2,1H3,(H2,13,16)/t9-/m0/s1. The van der Waals surface area contributed by atoms with Crippen molar-refractivity contribution >= 4 is 17.5 Å². The molecule has 0 saturated carbocycles. The van der Waals surface area contributed by atoms with Gasteiger partial charge < -0.3 is 10.6 Å². The van der Waals surface area contributed by atoms with E-state index in [2.05, 4.69) is 0 Å². The van der Waals surface area contributed by atoms with E-state index >= 15 is 0 Å². The summed E-state index contributed by atoms with van der Waals surface area (Å²) in [5.41, 5.74) is 7.12. The Kier molecular flexibility index (Phi) is 2.64. The average molecular weight is 218 g/mol. The molecule has 16 heavy (non-hydrogen) atoms. The summed E-state index contributed by atoms with van der Waals surface area (Å²) in [6, 6.07) is 7.63. The monoisotopic (exact) mass is 218 g/mol. The molecule has 1 aromatic carbocycles. The van der Waals surface area contributed by atoms with Crippen LogP contribution in [-0.2, 0) is 9.59 Å². The SMILES string of the molecule is Cc1ccccc1N1C[C@@H](C(N)=O)CC1=O. The lowest BCUT2D eigenvalue weighted by molar-refractivity contribution is -0.123. The number of hydrogen-bond acceptors (Lipinski definition) is 2. The number of rotatable bonds is 2. The molecular formula is C12H14N2O2.